The summed E-state index contributed by atoms with van der Waals surface area (Å²) in [6.45, 7) is 0.406. The van der Waals surface area contributed by atoms with Crippen molar-refractivity contribution < 1.29 is 14.6 Å². The molecule has 0 spiro atoms. The molecule has 140 valence electrons. The van der Waals surface area contributed by atoms with Crippen molar-refractivity contribution in [2.75, 3.05) is 11.9 Å². The van der Waals surface area contributed by atoms with E-state index in [0.717, 1.165) is 16.5 Å². The second kappa shape index (κ2) is 7.24. The number of nitrogens with one attached hydrogen (secondary N) is 2. The van der Waals surface area contributed by atoms with E-state index in [0.29, 0.717) is 31.1 Å². The maximum absolute atomic E-state index is 12.5. The third kappa shape index (κ3) is 3.56. The van der Waals surface area contributed by atoms with Crippen molar-refractivity contribution in [1.29, 1.82) is 0 Å². The number of anilines is 1. The molecule has 4 rings (SSSR count). The zero-order chi connectivity index (χ0) is 18.8. The summed E-state index contributed by atoms with van der Waals surface area (Å²) in [6.07, 6.45) is 2.08. The Labute approximate surface area is 156 Å². The Morgan fingerprint density at radius 3 is 2.93 bits per heavy atom. The lowest BCUT2D eigenvalue weighted by molar-refractivity contribution is 0.113. The Bertz CT molecular complexity index is 957. The SMILES string of the molecule is Cn1ncc2cc3nc(c21)OCCC[C@H](O)[C@H](c1ccccc1)NC(=O)N3. The number of amides is 2. The lowest BCUT2D eigenvalue weighted by atomic mass is 9.98. The summed E-state index contributed by atoms with van der Waals surface area (Å²) in [6, 6.07) is 10.2. The number of aromatic nitrogens is 3. The lowest BCUT2D eigenvalue weighted by Crippen LogP contribution is -2.39. The average molecular weight is 367 g/mol. The Kier molecular flexibility index (Phi) is 4.64. The van der Waals surface area contributed by atoms with E-state index in [1.54, 1.807) is 16.9 Å². The molecule has 0 unspecified atom stereocenters. The van der Waals surface area contributed by atoms with Crippen LogP contribution in [-0.4, -0.2) is 38.6 Å². The second-order valence-electron chi connectivity index (χ2n) is 6.56. The van der Waals surface area contributed by atoms with Crippen molar-refractivity contribution in [3.8, 4) is 5.88 Å². The topological polar surface area (TPSA) is 101 Å². The first-order valence-corrected chi connectivity index (χ1v) is 8.88. The van der Waals surface area contributed by atoms with Crippen molar-refractivity contribution in [2.45, 2.75) is 25.0 Å². The summed E-state index contributed by atoms with van der Waals surface area (Å²) in [7, 11) is 1.81. The molecule has 2 atom stereocenters. The zero-order valence-corrected chi connectivity index (χ0v) is 14.9. The number of hydrogen-bond acceptors (Lipinski definition) is 5. The first-order chi connectivity index (χ1) is 13.1. The molecule has 0 aliphatic carbocycles. The number of pyridine rings is 1. The van der Waals surface area contributed by atoms with E-state index in [1.165, 1.54) is 0 Å². The highest BCUT2D eigenvalue weighted by Gasteiger charge is 2.24. The smallest absolute Gasteiger partial charge is 0.320 e. The summed E-state index contributed by atoms with van der Waals surface area (Å²) in [5, 5.41) is 21.3. The number of aryl methyl sites for hydroxylation is 1. The Hall–Kier alpha value is -3.13. The van der Waals surface area contributed by atoms with Crippen molar-refractivity contribution >= 4 is 22.8 Å². The molecule has 1 aliphatic heterocycles. The average Bonchev–Trinajstić information content (AvgIpc) is 3.04. The summed E-state index contributed by atoms with van der Waals surface area (Å²) in [4.78, 5) is 17.0. The lowest BCUT2D eigenvalue weighted by Gasteiger charge is -2.25. The van der Waals surface area contributed by atoms with E-state index in [9.17, 15) is 9.90 Å². The minimum atomic E-state index is -0.732. The molecule has 3 heterocycles. The fourth-order valence-corrected chi connectivity index (χ4v) is 3.31. The van der Waals surface area contributed by atoms with Crippen molar-refractivity contribution in [2.24, 2.45) is 7.05 Å². The van der Waals surface area contributed by atoms with Gasteiger partial charge in [-0.1, -0.05) is 30.3 Å². The first-order valence-electron chi connectivity index (χ1n) is 8.88. The predicted molar refractivity (Wildman–Crippen MR) is 101 cm³/mol. The van der Waals surface area contributed by atoms with Gasteiger partial charge < -0.3 is 15.2 Å². The predicted octanol–water partition coefficient (Wildman–Crippen LogP) is 2.36. The third-order valence-electron chi connectivity index (χ3n) is 4.64. The number of carbonyl (C=O) groups is 1. The van der Waals surface area contributed by atoms with Gasteiger partial charge in [0.25, 0.3) is 0 Å². The van der Waals surface area contributed by atoms with Crippen LogP contribution in [0.5, 0.6) is 5.88 Å². The number of aliphatic hydroxyl groups is 1. The van der Waals surface area contributed by atoms with Crippen molar-refractivity contribution in [1.82, 2.24) is 20.1 Å². The van der Waals surface area contributed by atoms with E-state index in [1.807, 2.05) is 37.4 Å². The van der Waals surface area contributed by atoms with E-state index < -0.39 is 18.2 Å². The molecule has 0 radical (unpaired) electrons. The van der Waals surface area contributed by atoms with Gasteiger partial charge in [0.05, 0.1) is 24.9 Å². The molecule has 2 aromatic heterocycles. The standard InChI is InChI=1S/C19H21N5O3/c1-24-17-13(11-20-24)10-15-21-18(17)27-9-5-8-14(25)16(23-19(26)22-15)12-6-3-2-4-7-12/h2-4,6-7,10-11,14,16,25H,5,8-9H2,1H3,(H2,21,22,23,26)/t14-,16-/m0/s1. The number of hydrogen-bond donors (Lipinski definition) is 3. The molecule has 0 saturated heterocycles. The molecule has 1 aliphatic rings. The first kappa shape index (κ1) is 17.3. The number of fused-ring (bicyclic) bond motifs is 4. The van der Waals surface area contributed by atoms with Gasteiger partial charge in [-0.2, -0.15) is 10.1 Å². The van der Waals surface area contributed by atoms with E-state index >= 15 is 0 Å². The molecular formula is C19H21N5O3. The summed E-state index contributed by atoms with van der Waals surface area (Å²) in [5.74, 6) is 0.780. The van der Waals surface area contributed by atoms with Crippen LogP contribution in [0.15, 0.2) is 42.6 Å². The van der Waals surface area contributed by atoms with Gasteiger partial charge in [0.1, 0.15) is 11.3 Å². The van der Waals surface area contributed by atoms with Gasteiger partial charge in [-0.15, -0.1) is 0 Å². The van der Waals surface area contributed by atoms with Crippen molar-refractivity contribution in [3.05, 3.63) is 48.2 Å². The van der Waals surface area contributed by atoms with Crippen LogP contribution >= 0.6 is 0 Å². The maximum Gasteiger partial charge on any atom is 0.320 e. The van der Waals surface area contributed by atoms with Crippen LogP contribution in [0, 0.1) is 0 Å². The van der Waals surface area contributed by atoms with E-state index in [2.05, 4.69) is 20.7 Å². The van der Waals surface area contributed by atoms with Crippen LogP contribution in [0.2, 0.25) is 0 Å². The minimum Gasteiger partial charge on any atom is -0.476 e. The van der Waals surface area contributed by atoms with Crippen LogP contribution < -0.4 is 15.4 Å². The van der Waals surface area contributed by atoms with Gasteiger partial charge in [0.15, 0.2) is 0 Å². The molecule has 27 heavy (non-hydrogen) atoms. The molecule has 2 amide bonds. The van der Waals surface area contributed by atoms with Crippen LogP contribution in [0.25, 0.3) is 10.9 Å². The van der Waals surface area contributed by atoms with Gasteiger partial charge in [0, 0.05) is 12.4 Å². The number of carbonyl (C=O) groups excluding carboxylic acids is 1. The Morgan fingerprint density at radius 1 is 1.30 bits per heavy atom. The normalized spacial score (nSPS) is 20.7. The van der Waals surface area contributed by atoms with Crippen molar-refractivity contribution in [3.63, 3.8) is 0 Å². The largest absolute Gasteiger partial charge is 0.476 e. The van der Waals surface area contributed by atoms with Crippen LogP contribution in [0.4, 0.5) is 10.6 Å². The molecule has 8 nitrogen and oxygen atoms in total. The summed E-state index contributed by atoms with van der Waals surface area (Å²) >= 11 is 0. The number of ether oxygens (including phenoxy) is 1. The highest BCUT2D eigenvalue weighted by molar-refractivity contribution is 5.92. The molecule has 0 fully saturated rings. The fraction of sp³-hybridized carbons (Fsp3) is 0.316. The summed E-state index contributed by atoms with van der Waals surface area (Å²) < 4.78 is 7.53. The fourth-order valence-electron chi connectivity index (χ4n) is 3.31. The second-order valence-corrected chi connectivity index (χ2v) is 6.56. The van der Waals surface area contributed by atoms with E-state index in [-0.39, 0.29) is 0 Å². The minimum absolute atomic E-state index is 0.366. The summed E-state index contributed by atoms with van der Waals surface area (Å²) in [5.41, 5.74) is 1.61. The van der Waals surface area contributed by atoms with Gasteiger partial charge >= 0.3 is 6.03 Å². The van der Waals surface area contributed by atoms with Crippen LogP contribution in [-0.2, 0) is 7.05 Å². The molecule has 3 aromatic rings. The highest BCUT2D eigenvalue weighted by Crippen LogP contribution is 2.27. The maximum atomic E-state index is 12.5. The van der Waals surface area contributed by atoms with Crippen LogP contribution in [0.3, 0.4) is 0 Å². The molecule has 0 saturated carbocycles. The number of nitrogens with zero attached hydrogens (tertiary/aromatic N) is 3. The molecule has 8 heteroatoms. The monoisotopic (exact) mass is 367 g/mol. The van der Waals surface area contributed by atoms with Gasteiger partial charge in [0.2, 0.25) is 5.88 Å². The van der Waals surface area contributed by atoms with Gasteiger partial charge in [-0.05, 0) is 24.5 Å². The van der Waals surface area contributed by atoms with Crippen LogP contribution in [0.1, 0.15) is 24.4 Å². The number of urea groups is 1. The van der Waals surface area contributed by atoms with Gasteiger partial charge in [-0.25, -0.2) is 4.79 Å². The highest BCUT2D eigenvalue weighted by atomic mass is 16.5. The Morgan fingerprint density at radius 2 is 2.11 bits per heavy atom. The Balaban J connectivity index is 1.67. The zero-order valence-electron chi connectivity index (χ0n) is 14.9. The molecule has 1 aromatic carbocycles. The number of aliphatic hydroxyl groups excluding tert-OH is 1. The van der Waals surface area contributed by atoms with E-state index in [4.69, 9.17) is 4.74 Å². The molecule has 3 N–H and O–H groups in total. The van der Waals surface area contributed by atoms with Gasteiger partial charge in [-0.3, -0.25) is 10.00 Å². The quantitative estimate of drug-likeness (QED) is 0.613. The third-order valence-corrected chi connectivity index (χ3v) is 4.64. The molecule has 2 bridgehead atoms. The molecular weight excluding hydrogens is 346 g/mol. The number of rotatable bonds is 1. The number of benzene rings is 1.